The van der Waals surface area contributed by atoms with E-state index in [1.807, 2.05) is 0 Å². The third kappa shape index (κ3) is 5.29. The highest BCUT2D eigenvalue weighted by Crippen LogP contribution is 2.69. The van der Waals surface area contributed by atoms with E-state index < -0.39 is 12.9 Å². The van der Waals surface area contributed by atoms with Gasteiger partial charge in [0.05, 0.1) is 0 Å². The summed E-state index contributed by atoms with van der Waals surface area (Å²) in [5.74, 6) is 0.308. The molecule has 0 aliphatic heterocycles. The molecule has 0 aromatic heterocycles. The van der Waals surface area contributed by atoms with Crippen molar-refractivity contribution in [1.82, 2.24) is 5.32 Å². The monoisotopic (exact) mass is 465 g/mol. The molecule has 2 bridgehead atoms. The van der Waals surface area contributed by atoms with Gasteiger partial charge in [0.1, 0.15) is 18.1 Å². The molecule has 0 unspecified atom stereocenters. The Morgan fingerprint density at radius 3 is 1.70 bits per heavy atom. The Labute approximate surface area is 188 Å². The molecule has 5 nitrogen and oxygen atoms in total. The summed E-state index contributed by atoms with van der Waals surface area (Å²) in [5.41, 5.74) is -0.661. The highest BCUT2D eigenvalue weighted by atomic mass is 19.3. The molecule has 2 aromatic carbocycles. The van der Waals surface area contributed by atoms with Gasteiger partial charge in [-0.3, -0.25) is 9.59 Å². The van der Waals surface area contributed by atoms with Crippen LogP contribution in [0.3, 0.4) is 0 Å². The molecule has 3 aliphatic rings. The second-order valence-corrected chi connectivity index (χ2v) is 8.89. The minimum Gasteiger partial charge on any atom is -0.486 e. The molecule has 1 N–H and O–H groups in total. The summed E-state index contributed by atoms with van der Waals surface area (Å²) in [6.07, 6.45) is -2.68. The standard InChI is InChI=1S/C24H23F4NO4/c25-21(26)15-1-5-18(6-2-15)32-10-17(30)9-23-12-24(13-23,14-23)29-20(31)11-33-19-7-3-16(4-8-19)22(27)28/h1-8,21-22H,9-14H2,(H,29,31). The fourth-order valence-electron chi connectivity index (χ4n) is 4.85. The number of rotatable bonds is 11. The van der Waals surface area contributed by atoms with Gasteiger partial charge in [-0.2, -0.15) is 0 Å². The Bertz CT molecular complexity index is 909. The van der Waals surface area contributed by atoms with Crippen molar-refractivity contribution >= 4 is 11.7 Å². The Kier molecular flexibility index (Phi) is 6.32. The second kappa shape index (κ2) is 9.03. The van der Waals surface area contributed by atoms with Crippen LogP contribution in [0, 0.1) is 5.41 Å². The molecule has 3 fully saturated rings. The van der Waals surface area contributed by atoms with Crippen molar-refractivity contribution in [3.8, 4) is 11.5 Å². The largest absolute Gasteiger partial charge is 0.486 e. The lowest BCUT2D eigenvalue weighted by molar-refractivity contribution is -0.173. The van der Waals surface area contributed by atoms with Crippen molar-refractivity contribution < 1.29 is 36.6 Å². The van der Waals surface area contributed by atoms with Crippen LogP contribution in [0.15, 0.2) is 48.5 Å². The minimum absolute atomic E-state index is 0.0804. The van der Waals surface area contributed by atoms with Crippen molar-refractivity contribution in [3.05, 3.63) is 59.7 Å². The molecule has 0 atom stereocenters. The highest BCUT2D eigenvalue weighted by molar-refractivity contribution is 5.82. The predicted molar refractivity (Wildman–Crippen MR) is 111 cm³/mol. The number of hydrogen-bond acceptors (Lipinski definition) is 4. The first kappa shape index (κ1) is 23.1. The van der Waals surface area contributed by atoms with Crippen LogP contribution < -0.4 is 14.8 Å². The lowest BCUT2D eigenvalue weighted by Gasteiger charge is -2.70. The Morgan fingerprint density at radius 1 is 0.788 bits per heavy atom. The van der Waals surface area contributed by atoms with Crippen LogP contribution in [0.5, 0.6) is 11.5 Å². The van der Waals surface area contributed by atoms with Crippen LogP contribution in [0.25, 0.3) is 0 Å². The maximum Gasteiger partial charge on any atom is 0.263 e. The average molecular weight is 465 g/mol. The molecule has 1 amide bonds. The number of halogens is 4. The number of alkyl halides is 4. The Hall–Kier alpha value is -3.10. The van der Waals surface area contributed by atoms with Gasteiger partial charge in [-0.1, -0.05) is 0 Å². The summed E-state index contributed by atoms with van der Waals surface area (Å²) in [6.45, 7) is -0.354. The second-order valence-electron chi connectivity index (χ2n) is 8.89. The summed E-state index contributed by atoms with van der Waals surface area (Å²) >= 11 is 0. The zero-order valence-corrected chi connectivity index (χ0v) is 17.7. The molecule has 0 spiro atoms. The van der Waals surface area contributed by atoms with E-state index in [4.69, 9.17) is 9.47 Å². The number of carbonyl (C=O) groups is 2. The van der Waals surface area contributed by atoms with Gasteiger partial charge in [-0.25, -0.2) is 17.6 Å². The third-order valence-electron chi connectivity index (χ3n) is 6.15. The highest BCUT2D eigenvalue weighted by Gasteiger charge is 2.68. The minimum atomic E-state index is -2.56. The summed E-state index contributed by atoms with van der Waals surface area (Å²) in [5, 5.41) is 2.94. The molecule has 0 heterocycles. The summed E-state index contributed by atoms with van der Waals surface area (Å²) < 4.78 is 61.0. The van der Waals surface area contributed by atoms with Crippen molar-refractivity contribution in [2.24, 2.45) is 5.41 Å². The Morgan fingerprint density at radius 2 is 1.24 bits per heavy atom. The van der Waals surface area contributed by atoms with Gasteiger partial charge in [0.2, 0.25) is 0 Å². The van der Waals surface area contributed by atoms with E-state index in [0.29, 0.717) is 37.2 Å². The maximum atomic E-state index is 12.6. The van der Waals surface area contributed by atoms with E-state index >= 15 is 0 Å². The van der Waals surface area contributed by atoms with Crippen LogP contribution in [0.4, 0.5) is 17.6 Å². The molecule has 3 saturated carbocycles. The van der Waals surface area contributed by atoms with E-state index in [9.17, 15) is 27.2 Å². The third-order valence-corrected chi connectivity index (χ3v) is 6.15. The molecular weight excluding hydrogens is 442 g/mol. The van der Waals surface area contributed by atoms with E-state index in [2.05, 4.69) is 5.32 Å². The van der Waals surface area contributed by atoms with Crippen molar-refractivity contribution in [1.29, 1.82) is 0 Å². The van der Waals surface area contributed by atoms with E-state index in [-0.39, 0.29) is 47.0 Å². The first-order valence-electron chi connectivity index (χ1n) is 10.5. The number of benzene rings is 2. The van der Waals surface area contributed by atoms with Crippen LogP contribution >= 0.6 is 0 Å². The SMILES string of the molecule is O=C(COc1ccc(C(F)F)cc1)CC12CC(NC(=O)COc3ccc(C(F)F)cc3)(C1)C2. The average Bonchev–Trinajstić information content (AvgIpc) is 2.74. The molecule has 9 heteroatoms. The molecule has 176 valence electrons. The van der Waals surface area contributed by atoms with Crippen LogP contribution in [0.2, 0.25) is 0 Å². The summed E-state index contributed by atoms with van der Waals surface area (Å²) in [7, 11) is 0. The number of ether oxygens (including phenoxy) is 2. The summed E-state index contributed by atoms with van der Waals surface area (Å²) in [6, 6.07) is 10.6. The first-order valence-corrected chi connectivity index (χ1v) is 10.5. The number of hydrogen-bond donors (Lipinski definition) is 1. The fraction of sp³-hybridized carbons (Fsp3) is 0.417. The van der Waals surface area contributed by atoms with Gasteiger partial charge in [-0.05, 0) is 73.2 Å². The molecular formula is C24H23F4NO4. The van der Waals surface area contributed by atoms with Crippen molar-refractivity contribution in [2.45, 2.75) is 44.1 Å². The predicted octanol–water partition coefficient (Wildman–Crippen LogP) is 5.02. The van der Waals surface area contributed by atoms with Crippen LogP contribution in [-0.2, 0) is 9.59 Å². The lowest BCUT2D eigenvalue weighted by atomic mass is 9.38. The Balaban J connectivity index is 1.15. The van der Waals surface area contributed by atoms with E-state index in [1.165, 1.54) is 48.5 Å². The van der Waals surface area contributed by atoms with Crippen LogP contribution in [-0.4, -0.2) is 30.4 Å². The van der Waals surface area contributed by atoms with Crippen molar-refractivity contribution in [3.63, 3.8) is 0 Å². The van der Waals surface area contributed by atoms with E-state index in [0.717, 1.165) is 0 Å². The molecule has 33 heavy (non-hydrogen) atoms. The smallest absolute Gasteiger partial charge is 0.263 e. The fourth-order valence-corrected chi connectivity index (χ4v) is 4.85. The van der Waals surface area contributed by atoms with Crippen LogP contribution in [0.1, 0.15) is 49.7 Å². The van der Waals surface area contributed by atoms with Gasteiger partial charge >= 0.3 is 0 Å². The van der Waals surface area contributed by atoms with E-state index in [1.54, 1.807) is 0 Å². The molecule has 5 rings (SSSR count). The number of amides is 1. The zero-order valence-electron chi connectivity index (χ0n) is 17.7. The quantitative estimate of drug-likeness (QED) is 0.474. The van der Waals surface area contributed by atoms with Gasteiger partial charge in [0.15, 0.2) is 12.4 Å². The maximum absolute atomic E-state index is 12.6. The van der Waals surface area contributed by atoms with Gasteiger partial charge < -0.3 is 14.8 Å². The van der Waals surface area contributed by atoms with Crippen molar-refractivity contribution in [2.75, 3.05) is 13.2 Å². The topological polar surface area (TPSA) is 64.6 Å². The summed E-state index contributed by atoms with van der Waals surface area (Å²) in [4.78, 5) is 24.5. The van der Waals surface area contributed by atoms with Gasteiger partial charge in [0.25, 0.3) is 18.8 Å². The number of ketones is 1. The van der Waals surface area contributed by atoms with Gasteiger partial charge in [-0.15, -0.1) is 0 Å². The number of carbonyl (C=O) groups excluding carboxylic acids is 2. The number of Topliss-reactive ketones (excluding diaryl/α,β-unsaturated/α-hetero) is 1. The molecule has 3 aliphatic carbocycles. The normalized spacial score (nSPS) is 23.0. The zero-order chi connectivity index (χ0) is 23.6. The lowest BCUT2D eigenvalue weighted by Crippen LogP contribution is -2.75. The van der Waals surface area contributed by atoms with Gasteiger partial charge in [0, 0.05) is 23.1 Å². The molecule has 2 aromatic rings. The number of nitrogens with one attached hydrogen (secondary N) is 1. The molecule has 0 saturated heterocycles. The first-order chi connectivity index (χ1) is 15.7. The molecule has 0 radical (unpaired) electrons.